The van der Waals surface area contributed by atoms with Crippen LogP contribution in [0.3, 0.4) is 0 Å². The number of fused-ring (bicyclic) bond motifs is 5. The van der Waals surface area contributed by atoms with Gasteiger partial charge in [0.15, 0.2) is 0 Å². The van der Waals surface area contributed by atoms with Gasteiger partial charge in [-0.05, 0) is 251 Å². The maximum Gasteiger partial charge on any atom is 0.322 e. The average molecular weight is 1510 g/mol. The summed E-state index contributed by atoms with van der Waals surface area (Å²) in [7, 11) is 0. The van der Waals surface area contributed by atoms with E-state index in [9.17, 15) is 46.6 Å². The number of aromatic hydroxyl groups is 1. The van der Waals surface area contributed by atoms with Crippen LogP contribution in [0.15, 0.2) is 182 Å². The predicted octanol–water partition coefficient (Wildman–Crippen LogP) is 20.1. The summed E-state index contributed by atoms with van der Waals surface area (Å²) in [5.41, 5.74) is 23.0. The molecule has 5 heterocycles. The zero-order chi connectivity index (χ0) is 78.4. The number of hydrogen-bond acceptors (Lipinski definition) is 6. The highest BCUT2D eigenvalue weighted by Gasteiger charge is 2.27. The Labute approximate surface area is 646 Å². The normalized spacial score (nSPS) is 13.7. The summed E-state index contributed by atoms with van der Waals surface area (Å²) in [5.74, 6) is -1.31. The molecule has 0 saturated heterocycles. The van der Waals surface area contributed by atoms with Crippen molar-refractivity contribution >= 4 is 70.2 Å². The molecule has 5 aliphatic heterocycles. The molecule has 0 radical (unpaired) electrons. The summed E-state index contributed by atoms with van der Waals surface area (Å²) in [6, 6.07) is 53.9. The molecule has 0 atom stereocenters. The van der Waals surface area contributed by atoms with E-state index in [1.54, 1.807) is 88.0 Å². The number of halogens is 5. The third-order valence-corrected chi connectivity index (χ3v) is 20.6. The highest BCUT2D eigenvalue weighted by molar-refractivity contribution is 6.31. The summed E-state index contributed by atoms with van der Waals surface area (Å²) < 4.78 is 54.5. The molecule has 110 heavy (non-hydrogen) atoms. The first-order valence-electron chi connectivity index (χ1n) is 36.9. The quantitative estimate of drug-likeness (QED) is 0.0933. The van der Waals surface area contributed by atoms with E-state index in [4.69, 9.17) is 11.6 Å². The predicted molar refractivity (Wildman–Crippen MR) is 429 cm³/mol. The topological polar surface area (TPSA) is 182 Å². The van der Waals surface area contributed by atoms with Crippen molar-refractivity contribution in [3.63, 3.8) is 0 Å². The molecule has 570 valence electrons. The largest absolute Gasteiger partial charge is 0.508 e. The fourth-order valence-electron chi connectivity index (χ4n) is 13.7. The number of carbonyl (C=O) groups is 5. The number of hydrogen-bond donors (Lipinski definition) is 6. The van der Waals surface area contributed by atoms with Crippen LogP contribution in [0.25, 0.3) is 0 Å². The lowest BCUT2D eigenvalue weighted by atomic mass is 9.98. The van der Waals surface area contributed by atoms with Gasteiger partial charge in [-0.25, -0.2) is 41.5 Å². The van der Waals surface area contributed by atoms with E-state index < -0.39 is 11.6 Å². The molecule has 10 amide bonds. The summed E-state index contributed by atoms with van der Waals surface area (Å²) in [6.45, 7) is 23.4. The molecule has 10 aromatic rings. The fraction of sp³-hybridized carbons (Fsp3) is 0.270. The van der Waals surface area contributed by atoms with Crippen LogP contribution in [0.2, 0.25) is 5.02 Å². The summed E-state index contributed by atoms with van der Waals surface area (Å²) >= 11 is 6.10. The van der Waals surface area contributed by atoms with Crippen LogP contribution in [0.5, 0.6) is 5.75 Å². The van der Waals surface area contributed by atoms with Crippen molar-refractivity contribution in [3.8, 4) is 5.75 Å². The Morgan fingerprint density at radius 3 is 1.05 bits per heavy atom. The molecule has 0 aromatic heterocycles. The van der Waals surface area contributed by atoms with Crippen LogP contribution >= 0.6 is 11.6 Å². The van der Waals surface area contributed by atoms with E-state index in [1.807, 2.05) is 63.8 Å². The van der Waals surface area contributed by atoms with Gasteiger partial charge in [-0.15, -0.1) is 0 Å². The van der Waals surface area contributed by atoms with E-state index >= 15 is 0 Å². The van der Waals surface area contributed by atoms with Crippen LogP contribution in [-0.2, 0) is 64.8 Å². The first-order chi connectivity index (χ1) is 52.6. The number of benzene rings is 10. The van der Waals surface area contributed by atoms with Gasteiger partial charge in [-0.1, -0.05) is 143 Å². The summed E-state index contributed by atoms with van der Waals surface area (Å²) in [4.78, 5) is 70.6. The van der Waals surface area contributed by atoms with E-state index in [0.29, 0.717) is 80.9 Å². The van der Waals surface area contributed by atoms with Crippen molar-refractivity contribution in [1.29, 1.82) is 0 Å². The maximum atomic E-state index is 13.8. The summed E-state index contributed by atoms with van der Waals surface area (Å²) in [5, 5.41) is 24.0. The molecule has 0 spiro atoms. The van der Waals surface area contributed by atoms with Gasteiger partial charge in [0.1, 0.15) is 29.0 Å². The lowest BCUT2D eigenvalue weighted by Crippen LogP contribution is -2.39. The van der Waals surface area contributed by atoms with Gasteiger partial charge in [0.2, 0.25) is 0 Å². The van der Waals surface area contributed by atoms with E-state index in [2.05, 4.69) is 113 Å². The highest BCUT2D eigenvalue weighted by atomic mass is 35.5. The molecule has 21 heteroatoms. The zero-order valence-electron chi connectivity index (χ0n) is 63.5. The van der Waals surface area contributed by atoms with Crippen molar-refractivity contribution in [2.45, 2.75) is 127 Å². The number of anilines is 5. The Balaban J connectivity index is 0.000000136. The Kier molecular flexibility index (Phi) is 26.0. The highest BCUT2D eigenvalue weighted by Crippen LogP contribution is 2.30. The van der Waals surface area contributed by atoms with Gasteiger partial charge < -0.3 is 56.2 Å². The molecule has 0 bridgehead atoms. The van der Waals surface area contributed by atoms with Crippen molar-refractivity contribution in [3.05, 3.63) is 316 Å². The van der Waals surface area contributed by atoms with Crippen LogP contribution in [0, 0.1) is 85.6 Å². The number of rotatable bonds is 5. The molecule has 0 unspecified atom stereocenters. The standard InChI is InChI=1S/C18H19ClN2O.3C18H19FN2O.C17H17FN2O2/c1-12-6-7-14-8-9-21(11-15(14)10-12)18(22)20-17-5-3-4-16(19)13(17)2;1-12-3-5-14-7-8-21(11-15(14)9-12)18(22)20-16-6-4-13(2)17(19)10-16;1-12-3-5-14-7-8-21(11-15(14)9-12)18(22)20-17-10-16(19)6-4-13(17)2;1-12-3-5-14-7-8-21(11-15(14)9-12)18(22)20-17-6-4-13(2)10-16(17)19;1-11-2-5-16(15(18)8-11)19-17(22)20-7-6-12-3-4-14(21)9-13(12)10-20/h3-7,10H,8-9,11H2,1-2H3,(H,20,22);3*3-6,9-10H,7-8,11H2,1-2H3,(H,20,22);2-5,8-9,21H,6-7,10H2,1H3,(H,19,22). The minimum absolute atomic E-state index is 0.0717. The first kappa shape index (κ1) is 79.4. The monoisotopic (exact) mass is 1510 g/mol. The maximum absolute atomic E-state index is 13.8. The van der Waals surface area contributed by atoms with Crippen LogP contribution in [0.4, 0.5) is 70.0 Å². The number of phenolic OH excluding ortho intramolecular Hbond substituents is 1. The third-order valence-electron chi connectivity index (χ3n) is 20.2. The number of nitrogens with zero attached hydrogens (tertiary/aromatic N) is 5. The van der Waals surface area contributed by atoms with Crippen molar-refractivity contribution in [1.82, 2.24) is 24.5 Å². The first-order valence-corrected chi connectivity index (χ1v) is 37.3. The Hall–Kier alpha value is -11.6. The molecular formula is C89H93ClF4N10O6. The molecular weight excluding hydrogens is 1420 g/mol. The number of carbonyl (C=O) groups excluding carboxylic acids is 5. The van der Waals surface area contributed by atoms with Gasteiger partial charge in [0.05, 0.1) is 11.4 Å². The molecule has 0 saturated carbocycles. The van der Waals surface area contributed by atoms with Gasteiger partial charge in [0.25, 0.3) is 0 Å². The molecule has 10 aromatic carbocycles. The minimum atomic E-state index is -0.441. The molecule has 0 aliphatic carbocycles. The second-order valence-electron chi connectivity index (χ2n) is 28.9. The number of phenols is 1. The smallest absolute Gasteiger partial charge is 0.322 e. The number of amides is 10. The van der Waals surface area contributed by atoms with Crippen molar-refractivity contribution < 1.29 is 46.6 Å². The molecule has 0 fully saturated rings. The van der Waals surface area contributed by atoms with Crippen molar-refractivity contribution in [2.75, 3.05) is 59.3 Å². The molecule has 15 rings (SSSR count). The van der Waals surface area contributed by atoms with Gasteiger partial charge >= 0.3 is 30.2 Å². The molecule has 16 nitrogen and oxygen atoms in total. The van der Waals surface area contributed by atoms with Gasteiger partial charge in [0, 0.05) is 87.5 Å². The second-order valence-corrected chi connectivity index (χ2v) is 29.3. The van der Waals surface area contributed by atoms with E-state index in [1.165, 1.54) is 97.1 Å². The lowest BCUT2D eigenvalue weighted by Gasteiger charge is -2.29. The third kappa shape index (κ3) is 21.0. The lowest BCUT2D eigenvalue weighted by molar-refractivity contribution is 0.205. The van der Waals surface area contributed by atoms with Gasteiger partial charge in [-0.2, -0.15) is 0 Å². The summed E-state index contributed by atoms with van der Waals surface area (Å²) in [6.07, 6.45) is 4.16. The van der Waals surface area contributed by atoms with Crippen LogP contribution in [0.1, 0.15) is 106 Å². The molecule has 6 N–H and O–H groups in total. The fourth-order valence-corrected chi connectivity index (χ4v) is 13.9. The zero-order valence-corrected chi connectivity index (χ0v) is 64.3. The average Bonchev–Trinajstić information content (AvgIpc) is 0.834. The minimum Gasteiger partial charge on any atom is -0.508 e. The number of urea groups is 5. The van der Waals surface area contributed by atoms with Gasteiger partial charge in [-0.3, -0.25) is 0 Å². The van der Waals surface area contributed by atoms with E-state index in [-0.39, 0.29) is 58.9 Å². The second kappa shape index (κ2) is 36.0. The molecule has 5 aliphatic rings. The number of nitrogens with one attached hydrogen (secondary N) is 5. The van der Waals surface area contributed by atoms with Crippen LogP contribution in [-0.4, -0.2) is 92.5 Å². The van der Waals surface area contributed by atoms with Crippen molar-refractivity contribution in [2.24, 2.45) is 0 Å². The Morgan fingerprint density at radius 2 is 0.655 bits per heavy atom. The SMILES string of the molecule is Cc1ccc(NC(=O)N2CCc3ccc(C)cc3C2)c(F)c1.Cc1ccc(NC(=O)N2CCc3ccc(O)cc3C2)c(F)c1.Cc1ccc2c(c1)CN(C(=O)Nc1cc(F)ccc1C)CC2.Cc1ccc2c(c1)CN(C(=O)Nc1ccc(C)c(F)c1)CC2.Cc1ccc2c(c1)CN(C(=O)Nc1cccc(Cl)c1C)CC2. The number of aryl methyl sites for hydroxylation is 8. The van der Waals surface area contributed by atoms with E-state index in [0.717, 1.165) is 77.7 Å². The Morgan fingerprint density at radius 1 is 0.318 bits per heavy atom. The van der Waals surface area contributed by atoms with Crippen LogP contribution < -0.4 is 26.6 Å². The Bertz CT molecular complexity index is 4890.